The molecule has 1 aliphatic rings. The molecule has 1 atom stereocenters. The maximum atomic E-state index is 9.06. The van der Waals surface area contributed by atoms with Crippen molar-refractivity contribution < 1.29 is 9.47 Å². The third kappa shape index (κ3) is 2.93. The van der Waals surface area contributed by atoms with E-state index in [0.717, 1.165) is 42.3 Å². The first-order chi connectivity index (χ1) is 11.3. The van der Waals surface area contributed by atoms with Gasteiger partial charge < -0.3 is 14.4 Å². The van der Waals surface area contributed by atoms with Gasteiger partial charge in [0.2, 0.25) is 0 Å². The van der Waals surface area contributed by atoms with Crippen molar-refractivity contribution >= 4 is 5.82 Å². The van der Waals surface area contributed by atoms with Gasteiger partial charge in [0, 0.05) is 18.2 Å². The van der Waals surface area contributed by atoms with Gasteiger partial charge >= 0.3 is 0 Å². The normalized spacial score (nSPS) is 16.9. The van der Waals surface area contributed by atoms with Crippen molar-refractivity contribution in [1.82, 2.24) is 4.98 Å². The van der Waals surface area contributed by atoms with Crippen LogP contribution < -0.4 is 14.4 Å². The molecule has 23 heavy (non-hydrogen) atoms. The number of anilines is 1. The average molecular weight is 309 g/mol. The number of nitriles is 1. The Kier molecular flexibility index (Phi) is 4.33. The molecule has 2 aromatic rings. The van der Waals surface area contributed by atoms with Crippen molar-refractivity contribution in [2.75, 3.05) is 25.7 Å². The lowest BCUT2D eigenvalue weighted by molar-refractivity contribution is 0.388. The van der Waals surface area contributed by atoms with Crippen molar-refractivity contribution in [3.05, 3.63) is 47.7 Å². The predicted molar refractivity (Wildman–Crippen MR) is 87.8 cm³/mol. The van der Waals surface area contributed by atoms with E-state index in [-0.39, 0.29) is 6.04 Å². The van der Waals surface area contributed by atoms with Gasteiger partial charge in [0.25, 0.3) is 0 Å². The molecule has 1 aromatic heterocycles. The van der Waals surface area contributed by atoms with Gasteiger partial charge in [-0.3, -0.25) is 0 Å². The van der Waals surface area contributed by atoms with Crippen LogP contribution in [0, 0.1) is 11.3 Å². The molecule has 5 heteroatoms. The number of aromatic nitrogens is 1. The highest BCUT2D eigenvalue weighted by Crippen LogP contribution is 2.40. The molecule has 0 spiro atoms. The Hall–Kier alpha value is -2.74. The smallest absolute Gasteiger partial charge is 0.142 e. The minimum atomic E-state index is 0.192. The van der Waals surface area contributed by atoms with Crippen LogP contribution in [0.5, 0.6) is 11.5 Å². The molecule has 1 aliphatic heterocycles. The standard InChI is InChI=1S/C18H19N3O2/c1-22-14-8-9-15(17(11-14)23-2)16-6-4-10-21(16)18-7-3-5-13(12-19)20-18/h3,5,7-9,11,16H,4,6,10H2,1-2H3. The van der Waals surface area contributed by atoms with E-state index in [4.69, 9.17) is 14.7 Å². The van der Waals surface area contributed by atoms with E-state index in [9.17, 15) is 0 Å². The van der Waals surface area contributed by atoms with Crippen LogP contribution >= 0.6 is 0 Å². The van der Waals surface area contributed by atoms with E-state index < -0.39 is 0 Å². The average Bonchev–Trinajstić information content (AvgIpc) is 3.10. The van der Waals surface area contributed by atoms with Crippen molar-refractivity contribution in [3.63, 3.8) is 0 Å². The maximum absolute atomic E-state index is 9.06. The summed E-state index contributed by atoms with van der Waals surface area (Å²) in [5.74, 6) is 2.43. The molecule has 1 unspecified atom stereocenters. The number of rotatable bonds is 4. The molecular formula is C18H19N3O2. The molecule has 0 radical (unpaired) electrons. The highest BCUT2D eigenvalue weighted by molar-refractivity contribution is 5.50. The third-order valence-electron chi connectivity index (χ3n) is 4.20. The fraction of sp³-hybridized carbons (Fsp3) is 0.333. The number of nitrogens with zero attached hydrogens (tertiary/aromatic N) is 3. The van der Waals surface area contributed by atoms with Crippen LogP contribution in [0.3, 0.4) is 0 Å². The van der Waals surface area contributed by atoms with Gasteiger partial charge in [-0.05, 0) is 37.1 Å². The summed E-state index contributed by atoms with van der Waals surface area (Å²) >= 11 is 0. The minimum Gasteiger partial charge on any atom is -0.497 e. The molecule has 1 aromatic carbocycles. The van der Waals surface area contributed by atoms with E-state index in [0.29, 0.717) is 5.69 Å². The summed E-state index contributed by atoms with van der Waals surface area (Å²) in [5.41, 5.74) is 1.56. The summed E-state index contributed by atoms with van der Waals surface area (Å²) in [5, 5.41) is 9.06. The van der Waals surface area contributed by atoms with E-state index in [1.165, 1.54) is 0 Å². The van der Waals surface area contributed by atoms with Crippen LogP contribution in [0.25, 0.3) is 0 Å². The molecule has 1 saturated heterocycles. The Balaban J connectivity index is 1.97. The summed E-state index contributed by atoms with van der Waals surface area (Å²) in [6.45, 7) is 0.918. The number of benzene rings is 1. The lowest BCUT2D eigenvalue weighted by Gasteiger charge is -2.27. The summed E-state index contributed by atoms with van der Waals surface area (Å²) in [4.78, 5) is 6.68. The van der Waals surface area contributed by atoms with Gasteiger partial charge in [0.15, 0.2) is 0 Å². The van der Waals surface area contributed by atoms with Crippen LogP contribution in [0.1, 0.15) is 30.1 Å². The second-order valence-electron chi connectivity index (χ2n) is 5.45. The quantitative estimate of drug-likeness (QED) is 0.867. The Morgan fingerprint density at radius 2 is 2.09 bits per heavy atom. The first-order valence-corrected chi connectivity index (χ1v) is 7.62. The minimum absolute atomic E-state index is 0.192. The van der Waals surface area contributed by atoms with Crippen LogP contribution in [-0.2, 0) is 0 Å². The lowest BCUT2D eigenvalue weighted by atomic mass is 10.0. The highest BCUT2D eigenvalue weighted by atomic mass is 16.5. The summed E-state index contributed by atoms with van der Waals surface area (Å²) < 4.78 is 10.8. The van der Waals surface area contributed by atoms with Gasteiger partial charge in [0.1, 0.15) is 29.1 Å². The van der Waals surface area contributed by atoms with E-state index in [1.807, 2.05) is 24.3 Å². The summed E-state index contributed by atoms with van der Waals surface area (Å²) in [7, 11) is 3.32. The molecule has 0 N–H and O–H groups in total. The Morgan fingerprint density at radius 3 is 2.83 bits per heavy atom. The topological polar surface area (TPSA) is 58.4 Å². The first kappa shape index (κ1) is 15.2. The second kappa shape index (κ2) is 6.57. The molecule has 0 saturated carbocycles. The van der Waals surface area contributed by atoms with Crippen molar-refractivity contribution in [1.29, 1.82) is 5.26 Å². The van der Waals surface area contributed by atoms with Gasteiger partial charge in [-0.25, -0.2) is 4.98 Å². The highest BCUT2D eigenvalue weighted by Gasteiger charge is 2.29. The van der Waals surface area contributed by atoms with Crippen LogP contribution in [0.2, 0.25) is 0 Å². The zero-order chi connectivity index (χ0) is 16.2. The molecular weight excluding hydrogens is 290 g/mol. The number of hydrogen-bond donors (Lipinski definition) is 0. The Morgan fingerprint density at radius 1 is 1.22 bits per heavy atom. The summed E-state index contributed by atoms with van der Waals surface area (Å²) in [6, 6.07) is 13.8. The van der Waals surface area contributed by atoms with Gasteiger partial charge in [0.05, 0.1) is 20.3 Å². The summed E-state index contributed by atoms with van der Waals surface area (Å²) in [6.07, 6.45) is 2.11. The van der Waals surface area contributed by atoms with Gasteiger partial charge in [-0.15, -0.1) is 0 Å². The number of pyridine rings is 1. The zero-order valence-corrected chi connectivity index (χ0v) is 13.3. The molecule has 0 bridgehead atoms. The van der Waals surface area contributed by atoms with Gasteiger partial charge in [-0.1, -0.05) is 6.07 Å². The third-order valence-corrected chi connectivity index (χ3v) is 4.20. The van der Waals surface area contributed by atoms with Crippen LogP contribution in [0.15, 0.2) is 36.4 Å². The molecule has 0 aliphatic carbocycles. The first-order valence-electron chi connectivity index (χ1n) is 7.62. The van der Waals surface area contributed by atoms with E-state index >= 15 is 0 Å². The Labute approximate surface area is 136 Å². The number of methoxy groups -OCH3 is 2. The second-order valence-corrected chi connectivity index (χ2v) is 5.45. The van der Waals surface area contributed by atoms with E-state index in [2.05, 4.69) is 22.0 Å². The SMILES string of the molecule is COc1ccc(C2CCCN2c2cccc(C#N)n2)c(OC)c1. The largest absolute Gasteiger partial charge is 0.497 e. The van der Waals surface area contributed by atoms with E-state index in [1.54, 1.807) is 20.3 Å². The fourth-order valence-corrected chi connectivity index (χ4v) is 3.10. The van der Waals surface area contributed by atoms with Crippen LogP contribution in [0.4, 0.5) is 5.82 Å². The molecule has 118 valence electrons. The Bertz CT molecular complexity index is 739. The molecule has 1 fully saturated rings. The van der Waals surface area contributed by atoms with Crippen LogP contribution in [-0.4, -0.2) is 25.7 Å². The molecule has 0 amide bonds. The zero-order valence-electron chi connectivity index (χ0n) is 13.3. The fourth-order valence-electron chi connectivity index (χ4n) is 3.10. The van der Waals surface area contributed by atoms with Crippen molar-refractivity contribution in [3.8, 4) is 17.6 Å². The van der Waals surface area contributed by atoms with Gasteiger partial charge in [-0.2, -0.15) is 5.26 Å². The lowest BCUT2D eigenvalue weighted by Crippen LogP contribution is -2.24. The number of ether oxygens (including phenoxy) is 2. The molecule has 5 nitrogen and oxygen atoms in total. The van der Waals surface area contributed by atoms with Crippen molar-refractivity contribution in [2.45, 2.75) is 18.9 Å². The molecule has 3 rings (SSSR count). The molecule has 2 heterocycles. The number of hydrogen-bond acceptors (Lipinski definition) is 5. The van der Waals surface area contributed by atoms with Crippen molar-refractivity contribution in [2.24, 2.45) is 0 Å². The maximum Gasteiger partial charge on any atom is 0.142 e. The monoisotopic (exact) mass is 309 g/mol. The predicted octanol–water partition coefficient (Wildman–Crippen LogP) is 3.31.